The van der Waals surface area contributed by atoms with Crippen molar-refractivity contribution in [2.45, 2.75) is 13.3 Å². The van der Waals surface area contributed by atoms with Crippen molar-refractivity contribution in [2.24, 2.45) is 12.8 Å². The van der Waals surface area contributed by atoms with Crippen LogP contribution in [0.4, 0.5) is 5.82 Å². The summed E-state index contributed by atoms with van der Waals surface area (Å²) in [5, 5.41) is 8.37. The summed E-state index contributed by atoms with van der Waals surface area (Å²) in [6.07, 6.45) is 3.75. The molecule has 0 spiro atoms. The number of hydrogen-bond donors (Lipinski definition) is 2. The zero-order valence-electron chi connectivity index (χ0n) is 17.4. The Morgan fingerprint density at radius 3 is 2.66 bits per heavy atom. The van der Waals surface area contributed by atoms with Gasteiger partial charge in [0.2, 0.25) is 18.2 Å². The fourth-order valence-electron chi connectivity index (χ4n) is 2.96. The maximum atomic E-state index is 12.5. The van der Waals surface area contributed by atoms with Crippen LogP contribution < -0.4 is 15.8 Å². The predicted molar refractivity (Wildman–Crippen MR) is 122 cm³/mol. The van der Waals surface area contributed by atoms with Gasteiger partial charge in [-0.05, 0) is 42.8 Å². The summed E-state index contributed by atoms with van der Waals surface area (Å²) in [5.41, 5.74) is 6.54. The average Bonchev–Trinajstić information content (AvgIpc) is 3.07. The molecule has 0 saturated carbocycles. The number of rotatable bonds is 5. The van der Waals surface area contributed by atoms with E-state index in [1.54, 1.807) is 42.3 Å². The minimum Gasteiger partial charge on any atom is -0.437 e. The third-order valence-electron chi connectivity index (χ3n) is 4.39. The van der Waals surface area contributed by atoms with E-state index in [-0.39, 0.29) is 18.7 Å². The van der Waals surface area contributed by atoms with Crippen LogP contribution in [0.2, 0.25) is 5.02 Å². The summed E-state index contributed by atoms with van der Waals surface area (Å²) in [5.74, 6) is 1.27. The molecule has 0 aliphatic rings. The van der Waals surface area contributed by atoms with Crippen molar-refractivity contribution in [3.05, 3.63) is 71.0 Å². The molecule has 1 aromatic carbocycles. The summed E-state index contributed by atoms with van der Waals surface area (Å²) in [7, 11) is 1.78. The number of nitrogens with one attached hydrogen (secondary N) is 1. The Bertz CT molecular complexity index is 1260. The van der Waals surface area contributed by atoms with Gasteiger partial charge >= 0.3 is 0 Å². The number of nitrogens with zero attached hydrogens (tertiary/aromatic N) is 4. The molecule has 0 radical (unpaired) electrons. The van der Waals surface area contributed by atoms with E-state index < -0.39 is 0 Å². The molecule has 164 valence electrons. The fraction of sp³-hybridized carbons (Fsp3) is 0.136. The van der Waals surface area contributed by atoms with Crippen LogP contribution in [0.3, 0.4) is 0 Å². The maximum Gasteiger partial charge on any atom is 0.230 e. The van der Waals surface area contributed by atoms with Gasteiger partial charge in [0.05, 0.1) is 16.8 Å². The summed E-state index contributed by atoms with van der Waals surface area (Å²) >= 11 is 6.35. The molecule has 3 N–H and O–H groups in total. The number of aryl methyl sites for hydroxylation is 2. The van der Waals surface area contributed by atoms with Crippen LogP contribution in [0.1, 0.15) is 11.1 Å². The van der Waals surface area contributed by atoms with Crippen LogP contribution in [0.15, 0.2) is 54.9 Å². The molecule has 0 atom stereocenters. The number of amides is 2. The van der Waals surface area contributed by atoms with Crippen molar-refractivity contribution in [3.63, 3.8) is 0 Å². The molecular formula is C22H21ClN6O3. The fourth-order valence-corrected chi connectivity index (χ4v) is 3.21. The molecule has 0 aliphatic heterocycles. The van der Waals surface area contributed by atoms with Gasteiger partial charge in [-0.25, -0.2) is 14.6 Å². The van der Waals surface area contributed by atoms with Gasteiger partial charge in [0.25, 0.3) is 0 Å². The Morgan fingerprint density at radius 1 is 1.22 bits per heavy atom. The van der Waals surface area contributed by atoms with Crippen molar-refractivity contribution in [1.82, 2.24) is 19.7 Å². The highest BCUT2D eigenvalue weighted by Gasteiger charge is 2.14. The maximum absolute atomic E-state index is 12.5. The first-order valence-corrected chi connectivity index (χ1v) is 9.91. The third kappa shape index (κ3) is 5.38. The van der Waals surface area contributed by atoms with Gasteiger partial charge in [-0.3, -0.25) is 9.59 Å². The zero-order chi connectivity index (χ0) is 23.1. The second kappa shape index (κ2) is 10.4. The molecule has 32 heavy (non-hydrogen) atoms. The summed E-state index contributed by atoms with van der Waals surface area (Å²) in [4.78, 5) is 29.6. The Morgan fingerprint density at radius 2 is 1.94 bits per heavy atom. The lowest BCUT2D eigenvalue weighted by atomic mass is 10.1. The highest BCUT2D eigenvalue weighted by atomic mass is 35.5. The van der Waals surface area contributed by atoms with Crippen molar-refractivity contribution in [1.29, 1.82) is 0 Å². The first-order chi connectivity index (χ1) is 15.4. The lowest BCUT2D eigenvalue weighted by Gasteiger charge is -2.10. The van der Waals surface area contributed by atoms with Crippen LogP contribution in [0, 0.1) is 6.92 Å². The smallest absolute Gasteiger partial charge is 0.230 e. The number of carbonyl (C=O) groups excluding carboxylic acids is 2. The van der Waals surface area contributed by atoms with E-state index in [4.69, 9.17) is 21.1 Å². The molecule has 4 aromatic rings. The molecule has 3 heterocycles. The van der Waals surface area contributed by atoms with Gasteiger partial charge in [0.15, 0.2) is 11.5 Å². The number of nitrogens with two attached hydrogens (primary N) is 1. The number of hydrogen-bond acceptors (Lipinski definition) is 6. The molecule has 9 nitrogen and oxygen atoms in total. The van der Waals surface area contributed by atoms with E-state index in [0.29, 0.717) is 28.1 Å². The Hall–Kier alpha value is -3.98. The molecule has 0 aliphatic carbocycles. The number of primary amides is 1. The molecule has 10 heteroatoms. The summed E-state index contributed by atoms with van der Waals surface area (Å²) < 4.78 is 7.42. The Balaban J connectivity index is 0.000000913. The van der Waals surface area contributed by atoms with E-state index >= 15 is 0 Å². The SMILES string of the molecule is Cc1cccnc1Oc1ccc(CC(=O)Nc2nn(C)c3ncccc23)cc1Cl.NC=O. The van der Waals surface area contributed by atoms with Gasteiger partial charge < -0.3 is 15.8 Å². The number of halogens is 1. The third-order valence-corrected chi connectivity index (χ3v) is 4.68. The van der Waals surface area contributed by atoms with Crippen LogP contribution >= 0.6 is 11.6 Å². The second-order valence-electron chi connectivity index (χ2n) is 6.70. The molecule has 0 unspecified atom stereocenters. The number of pyridine rings is 2. The first-order valence-electron chi connectivity index (χ1n) is 9.53. The lowest BCUT2D eigenvalue weighted by Crippen LogP contribution is -2.15. The average molecular weight is 453 g/mol. The molecule has 4 rings (SSSR count). The minimum absolute atomic E-state index is 0.154. The second-order valence-corrected chi connectivity index (χ2v) is 7.11. The van der Waals surface area contributed by atoms with Crippen molar-refractivity contribution in [2.75, 3.05) is 5.32 Å². The van der Waals surface area contributed by atoms with Crippen LogP contribution in [0.5, 0.6) is 11.6 Å². The van der Waals surface area contributed by atoms with Gasteiger partial charge in [-0.15, -0.1) is 0 Å². The van der Waals surface area contributed by atoms with Crippen molar-refractivity contribution >= 4 is 40.8 Å². The lowest BCUT2D eigenvalue weighted by molar-refractivity contribution is -0.115. The number of ether oxygens (including phenoxy) is 1. The van der Waals surface area contributed by atoms with E-state index in [1.807, 2.05) is 31.2 Å². The van der Waals surface area contributed by atoms with Gasteiger partial charge in [0.1, 0.15) is 5.75 Å². The molecular weight excluding hydrogens is 432 g/mol. The number of aromatic nitrogens is 4. The van der Waals surface area contributed by atoms with Gasteiger partial charge in [0, 0.05) is 25.0 Å². The zero-order valence-corrected chi connectivity index (χ0v) is 18.2. The van der Waals surface area contributed by atoms with E-state index in [1.165, 1.54) is 0 Å². The Labute approximate surface area is 189 Å². The first kappa shape index (κ1) is 22.7. The highest BCUT2D eigenvalue weighted by Crippen LogP contribution is 2.30. The quantitative estimate of drug-likeness (QED) is 0.447. The molecule has 3 aromatic heterocycles. The van der Waals surface area contributed by atoms with Gasteiger partial charge in [-0.2, -0.15) is 5.10 Å². The largest absolute Gasteiger partial charge is 0.437 e. The van der Waals surface area contributed by atoms with E-state index in [9.17, 15) is 4.79 Å². The Kier molecular flexibility index (Phi) is 7.35. The molecule has 2 amide bonds. The molecule has 0 bridgehead atoms. The van der Waals surface area contributed by atoms with Crippen molar-refractivity contribution in [3.8, 4) is 11.6 Å². The summed E-state index contributed by atoms with van der Waals surface area (Å²) in [6, 6.07) is 12.7. The number of benzene rings is 1. The van der Waals surface area contributed by atoms with Crippen LogP contribution in [-0.4, -0.2) is 32.1 Å². The highest BCUT2D eigenvalue weighted by molar-refractivity contribution is 6.32. The standard InChI is InChI=1S/C21H18ClN5O2.CH3NO/c1-13-5-3-10-24-21(13)29-17-8-7-14(11-16(17)22)12-18(28)25-19-15-6-4-9-23-20(15)27(2)26-19;2-1-3/h3-11H,12H2,1-2H3,(H,25,26,28);1H,(H2,2,3). The number of carbonyl (C=O) groups is 2. The van der Waals surface area contributed by atoms with E-state index in [0.717, 1.165) is 16.5 Å². The summed E-state index contributed by atoms with van der Waals surface area (Å²) in [6.45, 7) is 1.91. The minimum atomic E-state index is -0.195. The molecule has 0 fully saturated rings. The van der Waals surface area contributed by atoms with Crippen LogP contribution in [0.25, 0.3) is 11.0 Å². The number of fused-ring (bicyclic) bond motifs is 1. The van der Waals surface area contributed by atoms with Gasteiger partial charge in [-0.1, -0.05) is 23.7 Å². The van der Waals surface area contributed by atoms with Crippen LogP contribution in [-0.2, 0) is 23.1 Å². The normalized spacial score (nSPS) is 10.2. The molecule has 0 saturated heterocycles. The number of anilines is 1. The monoisotopic (exact) mass is 452 g/mol. The van der Waals surface area contributed by atoms with E-state index in [2.05, 4.69) is 26.1 Å². The predicted octanol–water partition coefficient (Wildman–Crippen LogP) is 3.40. The topological polar surface area (TPSA) is 125 Å². The van der Waals surface area contributed by atoms with Crippen molar-refractivity contribution < 1.29 is 14.3 Å².